The summed E-state index contributed by atoms with van der Waals surface area (Å²) >= 11 is 2.08. The van der Waals surface area contributed by atoms with Gasteiger partial charge in [0.05, 0.1) is 0 Å². The summed E-state index contributed by atoms with van der Waals surface area (Å²) in [5.74, 6) is 3.82. The molecule has 1 fully saturated rings. The first-order valence-electron chi connectivity index (χ1n) is 2.47. The first kappa shape index (κ1) is 11.1. The highest BCUT2D eigenvalue weighted by Crippen LogP contribution is 2.21. The van der Waals surface area contributed by atoms with Crippen molar-refractivity contribution >= 4 is 11.8 Å². The van der Waals surface area contributed by atoms with Crippen LogP contribution in [0.1, 0.15) is 13.3 Å². The van der Waals surface area contributed by atoms with E-state index in [4.69, 9.17) is 0 Å². The van der Waals surface area contributed by atoms with Crippen molar-refractivity contribution < 1.29 is 11.0 Å². The Labute approximate surface area is 54.3 Å². The quantitative estimate of drug-likeness (QED) is 0.468. The molecule has 0 aromatic carbocycles. The number of hydrogen-bond acceptors (Lipinski definition) is 1. The van der Waals surface area contributed by atoms with Gasteiger partial charge in [0.2, 0.25) is 0 Å². The lowest BCUT2D eigenvalue weighted by molar-refractivity contribution is 0.669. The van der Waals surface area contributed by atoms with Crippen LogP contribution in [-0.2, 0) is 0 Å². The maximum absolute atomic E-state index is 2.32. The maximum Gasteiger partial charge on any atom is -0.00415 e. The van der Waals surface area contributed by atoms with Gasteiger partial charge in [0.15, 0.2) is 0 Å². The zero-order chi connectivity index (χ0) is 4.41. The van der Waals surface area contributed by atoms with Crippen molar-refractivity contribution in [2.75, 3.05) is 11.5 Å². The molecular weight excluding hydrogens is 124 g/mol. The SMILES string of the molecule is CC1CCSC1.O.O. The van der Waals surface area contributed by atoms with Gasteiger partial charge in [-0.1, -0.05) is 6.92 Å². The Hall–Kier alpha value is 0.270. The summed E-state index contributed by atoms with van der Waals surface area (Å²) in [6.45, 7) is 2.32. The minimum Gasteiger partial charge on any atom is -0.412 e. The molecule has 0 bridgehead atoms. The van der Waals surface area contributed by atoms with Gasteiger partial charge in [-0.15, -0.1) is 0 Å². The summed E-state index contributed by atoms with van der Waals surface area (Å²) in [5.41, 5.74) is 0. The van der Waals surface area contributed by atoms with Gasteiger partial charge < -0.3 is 11.0 Å². The summed E-state index contributed by atoms with van der Waals surface area (Å²) in [5, 5.41) is 0. The van der Waals surface area contributed by atoms with Crippen molar-refractivity contribution in [2.24, 2.45) is 5.92 Å². The lowest BCUT2D eigenvalue weighted by Crippen LogP contribution is -1.85. The molecule has 1 heterocycles. The van der Waals surface area contributed by atoms with Gasteiger partial charge in [-0.3, -0.25) is 0 Å². The third-order valence-corrected chi connectivity index (χ3v) is 2.49. The minimum atomic E-state index is 0. The highest BCUT2D eigenvalue weighted by atomic mass is 32.2. The van der Waals surface area contributed by atoms with E-state index in [-0.39, 0.29) is 11.0 Å². The fourth-order valence-electron chi connectivity index (χ4n) is 0.652. The summed E-state index contributed by atoms with van der Waals surface area (Å²) in [4.78, 5) is 0. The molecule has 1 atom stereocenters. The average molecular weight is 138 g/mol. The van der Waals surface area contributed by atoms with Crippen molar-refractivity contribution in [1.82, 2.24) is 0 Å². The van der Waals surface area contributed by atoms with Crippen LogP contribution in [-0.4, -0.2) is 22.5 Å². The molecule has 4 N–H and O–H groups in total. The average Bonchev–Trinajstić information content (AvgIpc) is 1.86. The number of rotatable bonds is 0. The van der Waals surface area contributed by atoms with E-state index in [0.717, 1.165) is 5.92 Å². The molecule has 8 heavy (non-hydrogen) atoms. The summed E-state index contributed by atoms with van der Waals surface area (Å²) < 4.78 is 0. The van der Waals surface area contributed by atoms with E-state index < -0.39 is 0 Å². The van der Waals surface area contributed by atoms with E-state index in [0.29, 0.717) is 0 Å². The summed E-state index contributed by atoms with van der Waals surface area (Å²) in [6, 6.07) is 0. The Morgan fingerprint density at radius 1 is 1.38 bits per heavy atom. The smallest absolute Gasteiger partial charge is 0.00415 e. The van der Waals surface area contributed by atoms with E-state index in [1.54, 1.807) is 0 Å². The zero-order valence-corrected chi connectivity index (χ0v) is 5.92. The van der Waals surface area contributed by atoms with Crippen LogP contribution in [0.15, 0.2) is 0 Å². The molecule has 52 valence electrons. The first-order chi connectivity index (χ1) is 2.89. The van der Waals surface area contributed by atoms with Gasteiger partial charge in [0.25, 0.3) is 0 Å². The van der Waals surface area contributed by atoms with Crippen LogP contribution < -0.4 is 0 Å². The molecule has 0 aromatic heterocycles. The van der Waals surface area contributed by atoms with Crippen LogP contribution in [0.5, 0.6) is 0 Å². The number of hydrogen-bond donors (Lipinski definition) is 0. The second-order valence-corrected chi connectivity index (χ2v) is 3.12. The van der Waals surface area contributed by atoms with Gasteiger partial charge >= 0.3 is 0 Å². The normalized spacial score (nSPS) is 25.9. The Kier molecular flexibility index (Phi) is 7.52. The topological polar surface area (TPSA) is 63.0 Å². The Balaban J connectivity index is 0. The molecule has 2 nitrogen and oxygen atoms in total. The third-order valence-electron chi connectivity index (χ3n) is 1.16. The third kappa shape index (κ3) is 3.29. The van der Waals surface area contributed by atoms with Crippen molar-refractivity contribution in [3.63, 3.8) is 0 Å². The predicted molar refractivity (Wildman–Crippen MR) is 38.3 cm³/mol. The number of thioether (sulfide) groups is 1. The van der Waals surface area contributed by atoms with E-state index in [9.17, 15) is 0 Å². The Morgan fingerprint density at radius 2 is 2.00 bits per heavy atom. The van der Waals surface area contributed by atoms with Crippen molar-refractivity contribution in [3.05, 3.63) is 0 Å². The molecule has 0 aromatic rings. The van der Waals surface area contributed by atoms with Crippen molar-refractivity contribution in [2.45, 2.75) is 13.3 Å². The minimum absolute atomic E-state index is 0. The highest BCUT2D eigenvalue weighted by molar-refractivity contribution is 7.99. The molecular formula is C5H14O2S. The molecule has 1 unspecified atom stereocenters. The van der Waals surface area contributed by atoms with E-state index in [1.165, 1.54) is 17.9 Å². The van der Waals surface area contributed by atoms with Gasteiger partial charge in [0.1, 0.15) is 0 Å². The monoisotopic (exact) mass is 138 g/mol. The van der Waals surface area contributed by atoms with Crippen molar-refractivity contribution in [3.8, 4) is 0 Å². The van der Waals surface area contributed by atoms with E-state index in [1.807, 2.05) is 0 Å². The molecule has 1 aliphatic heterocycles. The first-order valence-corrected chi connectivity index (χ1v) is 3.63. The highest BCUT2D eigenvalue weighted by Gasteiger charge is 2.07. The van der Waals surface area contributed by atoms with Gasteiger partial charge in [-0.2, -0.15) is 11.8 Å². The van der Waals surface area contributed by atoms with Gasteiger partial charge in [0, 0.05) is 0 Å². The fraction of sp³-hybridized carbons (Fsp3) is 1.00. The molecule has 0 aliphatic carbocycles. The molecule has 0 radical (unpaired) electrons. The molecule has 1 saturated heterocycles. The molecule has 0 spiro atoms. The van der Waals surface area contributed by atoms with Crippen LogP contribution in [0, 0.1) is 5.92 Å². The lowest BCUT2D eigenvalue weighted by Gasteiger charge is -1.90. The van der Waals surface area contributed by atoms with Crippen LogP contribution >= 0.6 is 11.8 Å². The van der Waals surface area contributed by atoms with Crippen LogP contribution in [0.25, 0.3) is 0 Å². The van der Waals surface area contributed by atoms with Gasteiger partial charge in [-0.05, 0) is 23.8 Å². The van der Waals surface area contributed by atoms with Crippen LogP contribution in [0.2, 0.25) is 0 Å². The second-order valence-electron chi connectivity index (χ2n) is 1.97. The molecule has 3 heteroatoms. The second kappa shape index (κ2) is 5.41. The summed E-state index contributed by atoms with van der Waals surface area (Å²) in [6.07, 6.45) is 1.45. The molecule has 1 rings (SSSR count). The summed E-state index contributed by atoms with van der Waals surface area (Å²) in [7, 11) is 0. The largest absolute Gasteiger partial charge is 0.412 e. The van der Waals surface area contributed by atoms with E-state index in [2.05, 4.69) is 18.7 Å². The maximum atomic E-state index is 2.32. The van der Waals surface area contributed by atoms with Gasteiger partial charge in [-0.25, -0.2) is 0 Å². The fourth-order valence-corrected chi connectivity index (χ4v) is 1.96. The van der Waals surface area contributed by atoms with E-state index >= 15 is 0 Å². The zero-order valence-electron chi connectivity index (χ0n) is 5.11. The Morgan fingerprint density at radius 3 is 2.12 bits per heavy atom. The predicted octanol–water partition coefficient (Wildman–Crippen LogP) is 0.110. The standard InChI is InChI=1S/C5H10S.2H2O/c1-5-2-3-6-4-5;;/h5H,2-4H2,1H3;2*1H2. The van der Waals surface area contributed by atoms with Crippen LogP contribution in [0.4, 0.5) is 0 Å². The molecule has 0 amide bonds. The van der Waals surface area contributed by atoms with Crippen LogP contribution in [0.3, 0.4) is 0 Å². The molecule has 1 aliphatic rings. The lowest BCUT2D eigenvalue weighted by atomic mass is 10.2. The van der Waals surface area contributed by atoms with Crippen molar-refractivity contribution in [1.29, 1.82) is 0 Å². The Bertz CT molecular complexity index is 43.7. The molecule has 0 saturated carbocycles.